The molecule has 0 spiro atoms. The summed E-state index contributed by atoms with van der Waals surface area (Å²) >= 11 is 1.36. The van der Waals surface area contributed by atoms with Gasteiger partial charge in [0, 0.05) is 12.1 Å². The van der Waals surface area contributed by atoms with Crippen LogP contribution in [0.2, 0.25) is 0 Å². The zero-order valence-electron chi connectivity index (χ0n) is 15.4. The summed E-state index contributed by atoms with van der Waals surface area (Å²) < 4.78 is 24.3. The lowest BCUT2D eigenvalue weighted by molar-refractivity contribution is 0.0997. The second-order valence-corrected chi connectivity index (χ2v) is 6.89. The maximum Gasteiger partial charge on any atom is 0.279 e. The number of nitrogens with zero attached hydrogens (tertiary/aromatic N) is 2. The first-order valence-electron chi connectivity index (χ1n) is 8.50. The number of methoxy groups -OCH3 is 2. The van der Waals surface area contributed by atoms with Crippen LogP contribution >= 0.6 is 11.3 Å². The van der Waals surface area contributed by atoms with Crippen LogP contribution in [0.15, 0.2) is 48.0 Å². The number of thiazole rings is 1. The highest BCUT2D eigenvalue weighted by atomic mass is 32.1. The van der Waals surface area contributed by atoms with Crippen LogP contribution < -0.4 is 23.7 Å². The van der Waals surface area contributed by atoms with Crippen LogP contribution in [0.5, 0.6) is 23.0 Å². The molecule has 0 N–H and O–H groups in total. The molecule has 0 atom stereocenters. The van der Waals surface area contributed by atoms with Crippen molar-refractivity contribution in [1.29, 1.82) is 0 Å². The molecule has 28 heavy (non-hydrogen) atoms. The van der Waals surface area contributed by atoms with E-state index in [1.807, 2.05) is 16.7 Å². The first kappa shape index (κ1) is 18.1. The molecule has 2 heterocycles. The highest BCUT2D eigenvalue weighted by Crippen LogP contribution is 2.35. The van der Waals surface area contributed by atoms with Gasteiger partial charge in [-0.05, 0) is 30.3 Å². The molecule has 0 saturated carbocycles. The van der Waals surface area contributed by atoms with Crippen LogP contribution in [0.1, 0.15) is 10.4 Å². The zero-order chi connectivity index (χ0) is 19.7. The molecule has 8 heteroatoms. The molecule has 1 aromatic heterocycles. The Morgan fingerprint density at radius 3 is 2.71 bits per heavy atom. The number of ether oxygens (including phenoxy) is 4. The monoisotopic (exact) mass is 398 g/mol. The normalized spacial score (nSPS) is 13.0. The van der Waals surface area contributed by atoms with Crippen molar-refractivity contribution in [3.05, 3.63) is 53.4 Å². The van der Waals surface area contributed by atoms with E-state index in [0.29, 0.717) is 39.9 Å². The Morgan fingerprint density at radius 2 is 1.96 bits per heavy atom. The lowest BCUT2D eigenvalue weighted by atomic mass is 10.2. The van der Waals surface area contributed by atoms with E-state index in [-0.39, 0.29) is 12.7 Å². The molecule has 0 unspecified atom stereocenters. The Bertz CT molecular complexity index is 1150. The van der Waals surface area contributed by atoms with Gasteiger partial charge >= 0.3 is 0 Å². The average molecular weight is 398 g/mol. The summed E-state index contributed by atoms with van der Waals surface area (Å²) in [6.45, 7) is 4.43. The third-order valence-electron chi connectivity index (χ3n) is 4.32. The number of carbonyl (C=O) groups is 1. The Morgan fingerprint density at radius 1 is 1.21 bits per heavy atom. The third kappa shape index (κ3) is 3.01. The van der Waals surface area contributed by atoms with Crippen LogP contribution in [0, 0.1) is 0 Å². The maximum absolute atomic E-state index is 12.8. The van der Waals surface area contributed by atoms with Crippen molar-refractivity contribution in [3.8, 4) is 23.0 Å². The van der Waals surface area contributed by atoms with E-state index in [1.54, 1.807) is 38.5 Å². The van der Waals surface area contributed by atoms with E-state index in [2.05, 4.69) is 11.6 Å². The van der Waals surface area contributed by atoms with Crippen molar-refractivity contribution in [3.63, 3.8) is 0 Å². The standard InChI is InChI=1S/C20H18N2O5S/c1-4-9-22-17-14(24-2)7-8-15(25-3)18(17)28-20(22)21-19(23)12-5-6-13-16(10-12)27-11-26-13/h4-8,10H,1,9,11H2,2-3H3. The summed E-state index contributed by atoms with van der Waals surface area (Å²) in [7, 11) is 3.21. The van der Waals surface area contributed by atoms with E-state index >= 15 is 0 Å². The van der Waals surface area contributed by atoms with Crippen molar-refractivity contribution >= 4 is 27.5 Å². The van der Waals surface area contributed by atoms with Crippen molar-refractivity contribution < 1.29 is 23.7 Å². The van der Waals surface area contributed by atoms with Gasteiger partial charge in [-0.1, -0.05) is 17.4 Å². The molecule has 1 amide bonds. The largest absolute Gasteiger partial charge is 0.495 e. The Kier molecular flexibility index (Phi) is 4.79. The van der Waals surface area contributed by atoms with Crippen LogP contribution in [0.3, 0.4) is 0 Å². The van der Waals surface area contributed by atoms with E-state index in [9.17, 15) is 4.79 Å². The number of benzene rings is 2. The Hall–Kier alpha value is -3.26. The number of hydrogen-bond acceptors (Lipinski definition) is 6. The summed E-state index contributed by atoms with van der Waals surface area (Å²) in [5, 5.41) is 0. The van der Waals surface area contributed by atoms with Crippen LogP contribution in [0.4, 0.5) is 0 Å². The fourth-order valence-corrected chi connectivity index (χ4v) is 4.17. The quantitative estimate of drug-likeness (QED) is 0.616. The van der Waals surface area contributed by atoms with Gasteiger partial charge in [0.2, 0.25) is 6.79 Å². The lowest BCUT2D eigenvalue weighted by Gasteiger charge is -2.08. The minimum Gasteiger partial charge on any atom is -0.495 e. The first-order chi connectivity index (χ1) is 13.7. The van der Waals surface area contributed by atoms with Gasteiger partial charge in [0.1, 0.15) is 21.7 Å². The van der Waals surface area contributed by atoms with Crippen molar-refractivity contribution in [2.24, 2.45) is 4.99 Å². The summed E-state index contributed by atoms with van der Waals surface area (Å²) in [6, 6.07) is 8.68. The molecule has 4 rings (SSSR count). The zero-order valence-corrected chi connectivity index (χ0v) is 16.2. The third-order valence-corrected chi connectivity index (χ3v) is 5.41. The van der Waals surface area contributed by atoms with Gasteiger partial charge in [-0.15, -0.1) is 6.58 Å². The fourth-order valence-electron chi connectivity index (χ4n) is 3.02. The molecule has 0 fully saturated rings. The summed E-state index contributed by atoms with van der Waals surface area (Å²) in [5.74, 6) is 2.15. The SMILES string of the molecule is C=CCn1c(=NC(=O)c2ccc3c(c2)OCO3)sc2c(OC)ccc(OC)c21. The Balaban J connectivity index is 1.88. The highest BCUT2D eigenvalue weighted by Gasteiger charge is 2.18. The van der Waals surface area contributed by atoms with E-state index in [0.717, 1.165) is 10.2 Å². The molecule has 2 aromatic carbocycles. The molecule has 1 aliphatic heterocycles. The second kappa shape index (κ2) is 7.40. The Labute approximate surface area is 165 Å². The van der Waals surface area contributed by atoms with Crippen LogP contribution in [0.25, 0.3) is 10.2 Å². The van der Waals surface area contributed by atoms with E-state index < -0.39 is 0 Å². The van der Waals surface area contributed by atoms with Crippen molar-refractivity contribution in [1.82, 2.24) is 4.57 Å². The highest BCUT2D eigenvalue weighted by molar-refractivity contribution is 7.16. The van der Waals surface area contributed by atoms with Gasteiger partial charge in [-0.3, -0.25) is 4.79 Å². The second-order valence-electron chi connectivity index (χ2n) is 5.92. The van der Waals surface area contributed by atoms with Crippen molar-refractivity contribution in [2.45, 2.75) is 6.54 Å². The van der Waals surface area contributed by atoms with Gasteiger partial charge < -0.3 is 23.5 Å². The fraction of sp³-hybridized carbons (Fsp3) is 0.200. The summed E-state index contributed by atoms with van der Waals surface area (Å²) in [4.78, 5) is 17.7. The minimum atomic E-state index is -0.374. The molecule has 0 aliphatic carbocycles. The molecule has 3 aromatic rings. The summed E-state index contributed by atoms with van der Waals surface area (Å²) in [6.07, 6.45) is 1.75. The van der Waals surface area contributed by atoms with Gasteiger partial charge in [-0.2, -0.15) is 4.99 Å². The topological polar surface area (TPSA) is 71.3 Å². The van der Waals surface area contributed by atoms with Gasteiger partial charge in [-0.25, -0.2) is 0 Å². The average Bonchev–Trinajstić information content (AvgIpc) is 3.32. The molecular formula is C20H18N2O5S. The van der Waals surface area contributed by atoms with Crippen molar-refractivity contribution in [2.75, 3.05) is 21.0 Å². The van der Waals surface area contributed by atoms with E-state index in [4.69, 9.17) is 18.9 Å². The predicted molar refractivity (Wildman–Crippen MR) is 106 cm³/mol. The number of allylic oxidation sites excluding steroid dienone is 1. The smallest absolute Gasteiger partial charge is 0.279 e. The van der Waals surface area contributed by atoms with Gasteiger partial charge in [0.15, 0.2) is 16.3 Å². The lowest BCUT2D eigenvalue weighted by Crippen LogP contribution is -2.16. The molecule has 1 aliphatic rings. The number of carbonyl (C=O) groups excluding carboxylic acids is 1. The van der Waals surface area contributed by atoms with Crippen LogP contribution in [-0.4, -0.2) is 31.5 Å². The molecule has 0 bridgehead atoms. The molecule has 7 nitrogen and oxygen atoms in total. The number of aromatic nitrogens is 1. The number of rotatable bonds is 5. The number of hydrogen-bond donors (Lipinski definition) is 0. The number of amides is 1. The number of fused-ring (bicyclic) bond motifs is 2. The summed E-state index contributed by atoms with van der Waals surface area (Å²) in [5.41, 5.74) is 1.23. The van der Waals surface area contributed by atoms with Gasteiger partial charge in [0.05, 0.1) is 14.2 Å². The van der Waals surface area contributed by atoms with Crippen LogP contribution in [-0.2, 0) is 6.54 Å². The predicted octanol–water partition coefficient (Wildman–Crippen LogP) is 3.38. The molecule has 0 radical (unpaired) electrons. The molecule has 0 saturated heterocycles. The van der Waals surface area contributed by atoms with Gasteiger partial charge in [0.25, 0.3) is 5.91 Å². The van der Waals surface area contributed by atoms with E-state index in [1.165, 1.54) is 11.3 Å². The molecule has 144 valence electrons. The maximum atomic E-state index is 12.8. The first-order valence-corrected chi connectivity index (χ1v) is 9.32. The minimum absolute atomic E-state index is 0.152. The molecular weight excluding hydrogens is 380 g/mol.